The summed E-state index contributed by atoms with van der Waals surface area (Å²) in [5.41, 5.74) is 2.41. The van der Waals surface area contributed by atoms with E-state index in [2.05, 4.69) is 17.1 Å². The molecule has 0 aliphatic rings. The van der Waals surface area contributed by atoms with Crippen molar-refractivity contribution < 1.29 is 4.79 Å². The number of fused-ring (bicyclic) bond motifs is 3. The van der Waals surface area contributed by atoms with Crippen molar-refractivity contribution in [2.24, 2.45) is 0 Å². The van der Waals surface area contributed by atoms with E-state index in [1.807, 2.05) is 63.2 Å². The number of carbonyl (C=O) groups excluding carboxylic acids is 1. The zero-order chi connectivity index (χ0) is 15.2. The summed E-state index contributed by atoms with van der Waals surface area (Å²) in [6.45, 7) is 3.91. The summed E-state index contributed by atoms with van der Waals surface area (Å²) < 4.78 is 0. The first-order valence-electron chi connectivity index (χ1n) is 7.14. The Hall–Kier alpha value is -2.13. The van der Waals surface area contributed by atoms with Crippen LogP contribution in [0.4, 0.5) is 0 Å². The normalized spacial score (nSPS) is 12.4. The van der Waals surface area contributed by atoms with Crippen LogP contribution in [0.5, 0.6) is 0 Å². The molecule has 21 heavy (non-hydrogen) atoms. The minimum absolute atomic E-state index is 0.139. The van der Waals surface area contributed by atoms with Crippen LogP contribution in [-0.2, 0) is 0 Å². The second kappa shape index (κ2) is 4.71. The predicted octanol–water partition coefficient (Wildman–Crippen LogP) is 3.84. The molecule has 0 spiro atoms. The summed E-state index contributed by atoms with van der Waals surface area (Å²) in [4.78, 5) is 18.1. The van der Waals surface area contributed by atoms with Gasteiger partial charge in [-0.15, -0.1) is 0 Å². The third kappa shape index (κ3) is 2.14. The molecular formula is C18H20N2O. The molecule has 3 heteroatoms. The van der Waals surface area contributed by atoms with Crippen molar-refractivity contribution in [1.82, 2.24) is 9.88 Å². The van der Waals surface area contributed by atoms with Crippen molar-refractivity contribution >= 4 is 27.6 Å². The maximum Gasteiger partial charge on any atom is 0.182 e. The maximum atomic E-state index is 12.8. The lowest BCUT2D eigenvalue weighted by molar-refractivity contribution is 0.0755. The first-order chi connectivity index (χ1) is 9.91. The van der Waals surface area contributed by atoms with E-state index in [1.165, 1.54) is 0 Å². The van der Waals surface area contributed by atoms with Gasteiger partial charge in [-0.2, -0.15) is 0 Å². The minimum atomic E-state index is -0.514. The monoisotopic (exact) mass is 280 g/mol. The first kappa shape index (κ1) is 13.8. The molecule has 0 radical (unpaired) electrons. The van der Waals surface area contributed by atoms with Crippen molar-refractivity contribution in [2.75, 3.05) is 14.1 Å². The molecule has 3 aromatic rings. The van der Waals surface area contributed by atoms with Gasteiger partial charge < -0.3 is 4.98 Å². The number of rotatable bonds is 3. The van der Waals surface area contributed by atoms with E-state index >= 15 is 0 Å². The third-order valence-corrected chi connectivity index (χ3v) is 4.44. The number of aromatic nitrogens is 1. The summed E-state index contributed by atoms with van der Waals surface area (Å²) in [7, 11) is 3.87. The highest BCUT2D eigenvalue weighted by atomic mass is 16.1. The smallest absolute Gasteiger partial charge is 0.182 e. The average Bonchev–Trinajstić information content (AvgIpc) is 2.84. The van der Waals surface area contributed by atoms with Gasteiger partial charge in [0.1, 0.15) is 0 Å². The molecule has 0 amide bonds. The van der Waals surface area contributed by atoms with Gasteiger partial charge in [0, 0.05) is 27.4 Å². The van der Waals surface area contributed by atoms with Gasteiger partial charge in [-0.25, -0.2) is 0 Å². The summed E-state index contributed by atoms with van der Waals surface area (Å²) >= 11 is 0. The van der Waals surface area contributed by atoms with Crippen LogP contribution < -0.4 is 0 Å². The Morgan fingerprint density at radius 3 is 2.38 bits per heavy atom. The van der Waals surface area contributed by atoms with Crippen molar-refractivity contribution in [3.8, 4) is 0 Å². The highest BCUT2D eigenvalue weighted by Gasteiger charge is 2.30. The molecule has 0 bridgehead atoms. The summed E-state index contributed by atoms with van der Waals surface area (Å²) in [6, 6.07) is 14.1. The van der Waals surface area contributed by atoms with Gasteiger partial charge in [0.2, 0.25) is 0 Å². The minimum Gasteiger partial charge on any atom is -0.355 e. The Kier molecular flexibility index (Phi) is 3.10. The van der Waals surface area contributed by atoms with E-state index in [1.54, 1.807) is 0 Å². The van der Waals surface area contributed by atoms with E-state index in [0.717, 1.165) is 27.4 Å². The number of likely N-dealkylation sites (N-methyl/N-ethyl adjacent to an activating group) is 1. The Balaban J connectivity index is 2.17. The molecule has 0 saturated carbocycles. The Bertz CT molecular complexity index is 827. The van der Waals surface area contributed by atoms with Gasteiger partial charge >= 0.3 is 0 Å². The molecule has 1 N–H and O–H groups in total. The molecule has 0 saturated heterocycles. The standard InChI is InChI=1S/C18H20N2O/c1-18(2,20(3)4)17(21)12-9-10-16-14(11-12)13-7-5-6-8-15(13)19-16/h5-11,19H,1-4H3. The van der Waals surface area contributed by atoms with Gasteiger partial charge in [0.05, 0.1) is 5.54 Å². The summed E-state index contributed by atoms with van der Waals surface area (Å²) in [5, 5.41) is 2.26. The second-order valence-corrected chi connectivity index (χ2v) is 6.21. The van der Waals surface area contributed by atoms with Crippen LogP contribution in [0.3, 0.4) is 0 Å². The van der Waals surface area contributed by atoms with Crippen LogP contribution in [-0.4, -0.2) is 35.3 Å². The van der Waals surface area contributed by atoms with Gasteiger partial charge in [-0.05, 0) is 52.2 Å². The molecule has 0 fully saturated rings. The molecule has 0 aliphatic heterocycles. The molecule has 3 rings (SSSR count). The number of hydrogen-bond acceptors (Lipinski definition) is 2. The summed E-state index contributed by atoms with van der Waals surface area (Å²) in [5.74, 6) is 0.139. The molecular weight excluding hydrogens is 260 g/mol. The zero-order valence-corrected chi connectivity index (χ0v) is 12.9. The lowest BCUT2D eigenvalue weighted by Crippen LogP contribution is -2.45. The lowest BCUT2D eigenvalue weighted by Gasteiger charge is -2.30. The van der Waals surface area contributed by atoms with E-state index in [0.29, 0.717) is 0 Å². The van der Waals surface area contributed by atoms with Crippen molar-refractivity contribution in [2.45, 2.75) is 19.4 Å². The zero-order valence-electron chi connectivity index (χ0n) is 12.9. The number of benzene rings is 2. The molecule has 1 aromatic heterocycles. The molecule has 0 aliphatic carbocycles. The van der Waals surface area contributed by atoms with Gasteiger partial charge in [0.25, 0.3) is 0 Å². The largest absolute Gasteiger partial charge is 0.355 e. The predicted molar refractivity (Wildman–Crippen MR) is 87.9 cm³/mol. The first-order valence-corrected chi connectivity index (χ1v) is 7.14. The number of H-pyrrole nitrogens is 1. The Morgan fingerprint density at radius 2 is 1.67 bits per heavy atom. The Morgan fingerprint density at radius 1 is 1.00 bits per heavy atom. The third-order valence-electron chi connectivity index (χ3n) is 4.44. The quantitative estimate of drug-likeness (QED) is 0.740. The number of aromatic amines is 1. The fraction of sp³-hybridized carbons (Fsp3) is 0.278. The molecule has 1 heterocycles. The topological polar surface area (TPSA) is 36.1 Å². The van der Waals surface area contributed by atoms with E-state index in [4.69, 9.17) is 0 Å². The fourth-order valence-electron chi connectivity index (χ4n) is 2.55. The number of ketones is 1. The molecule has 2 aromatic carbocycles. The van der Waals surface area contributed by atoms with Gasteiger partial charge in [0.15, 0.2) is 5.78 Å². The van der Waals surface area contributed by atoms with E-state index in [-0.39, 0.29) is 5.78 Å². The van der Waals surface area contributed by atoms with E-state index < -0.39 is 5.54 Å². The molecule has 0 atom stereocenters. The fourth-order valence-corrected chi connectivity index (χ4v) is 2.55. The van der Waals surface area contributed by atoms with Crippen molar-refractivity contribution in [3.63, 3.8) is 0 Å². The number of nitrogens with zero attached hydrogens (tertiary/aromatic N) is 1. The van der Waals surface area contributed by atoms with Crippen LogP contribution >= 0.6 is 0 Å². The van der Waals surface area contributed by atoms with Crippen LogP contribution in [0.2, 0.25) is 0 Å². The maximum absolute atomic E-state index is 12.8. The van der Waals surface area contributed by atoms with Crippen LogP contribution in [0, 0.1) is 0 Å². The highest BCUT2D eigenvalue weighted by Crippen LogP contribution is 2.27. The molecule has 108 valence electrons. The number of carbonyl (C=O) groups is 1. The van der Waals surface area contributed by atoms with Crippen LogP contribution in [0.1, 0.15) is 24.2 Å². The number of hydrogen-bond donors (Lipinski definition) is 1. The highest BCUT2D eigenvalue weighted by molar-refractivity contribution is 6.11. The number of nitrogens with one attached hydrogen (secondary N) is 1. The van der Waals surface area contributed by atoms with Crippen LogP contribution in [0.15, 0.2) is 42.5 Å². The number of Topliss-reactive ketones (excluding diaryl/α,β-unsaturated/α-hetero) is 1. The Labute approximate surface area is 124 Å². The van der Waals surface area contributed by atoms with Gasteiger partial charge in [-0.3, -0.25) is 9.69 Å². The molecule has 3 nitrogen and oxygen atoms in total. The SMILES string of the molecule is CN(C)C(C)(C)C(=O)c1ccc2[nH]c3ccccc3c2c1. The average molecular weight is 280 g/mol. The van der Waals surface area contributed by atoms with Gasteiger partial charge in [-0.1, -0.05) is 18.2 Å². The second-order valence-electron chi connectivity index (χ2n) is 6.21. The molecule has 0 unspecified atom stereocenters. The lowest BCUT2D eigenvalue weighted by atomic mass is 9.91. The summed E-state index contributed by atoms with van der Waals surface area (Å²) in [6.07, 6.45) is 0. The number of para-hydroxylation sites is 1. The van der Waals surface area contributed by atoms with Crippen molar-refractivity contribution in [1.29, 1.82) is 0 Å². The van der Waals surface area contributed by atoms with Crippen molar-refractivity contribution in [3.05, 3.63) is 48.0 Å². The van der Waals surface area contributed by atoms with E-state index in [9.17, 15) is 4.79 Å². The van der Waals surface area contributed by atoms with Crippen LogP contribution in [0.25, 0.3) is 21.8 Å².